The zero-order chi connectivity index (χ0) is 20.9. The fourth-order valence-corrected chi connectivity index (χ4v) is 4.38. The van der Waals surface area contributed by atoms with Crippen LogP contribution in [-0.4, -0.2) is 38.3 Å². The monoisotopic (exact) mass is 472 g/mol. The average Bonchev–Trinajstić information content (AvgIpc) is 2.63. The molecule has 0 heterocycles. The molecule has 0 aliphatic rings. The molecular weight excluding hydrogens is 451 g/mol. The molecule has 0 aromatic heterocycles. The van der Waals surface area contributed by atoms with Crippen molar-refractivity contribution in [3.63, 3.8) is 0 Å². The minimum atomic E-state index is -3.89. The maximum absolute atomic E-state index is 13.9. The van der Waals surface area contributed by atoms with Gasteiger partial charge in [0.15, 0.2) is 0 Å². The number of nitrogens with one attached hydrogen (secondary N) is 1. The Morgan fingerprint density at radius 1 is 1.21 bits per heavy atom. The molecule has 2 aromatic rings. The van der Waals surface area contributed by atoms with Gasteiger partial charge in [-0.3, -0.25) is 4.79 Å². The largest absolute Gasteiger partial charge is 0.494 e. The number of anilines is 1. The third kappa shape index (κ3) is 5.30. The van der Waals surface area contributed by atoms with Gasteiger partial charge in [0.25, 0.3) is 0 Å². The highest BCUT2D eigenvalue weighted by molar-refractivity contribution is 9.10. The van der Waals surface area contributed by atoms with Crippen LogP contribution in [0.4, 0.5) is 10.1 Å². The number of nitrogens with zero attached hydrogens (tertiary/aromatic N) is 1. The molecule has 0 aliphatic carbocycles. The number of likely N-dealkylation sites (N-methyl/N-ethyl adjacent to an activating group) is 1. The second kappa shape index (κ2) is 9.49. The maximum atomic E-state index is 13.9. The van der Waals surface area contributed by atoms with Gasteiger partial charge in [0, 0.05) is 11.0 Å². The molecule has 28 heavy (non-hydrogen) atoms. The summed E-state index contributed by atoms with van der Waals surface area (Å²) in [6.45, 7) is 5.36. The topological polar surface area (TPSA) is 75.7 Å². The van der Waals surface area contributed by atoms with Gasteiger partial charge in [0.05, 0.1) is 23.7 Å². The molecule has 1 N–H and O–H groups in total. The van der Waals surface area contributed by atoms with Crippen molar-refractivity contribution in [2.24, 2.45) is 0 Å². The Balaban J connectivity index is 2.18. The van der Waals surface area contributed by atoms with Crippen LogP contribution in [0.2, 0.25) is 0 Å². The standard InChI is InChI=1S/C19H22BrFN2O4S/c1-4-23(12-19(24)22-17-8-6-14(20)11-16(17)21)28(25,26)15-7-9-18(27-5-2)13(3)10-15/h6-11H,4-5,12H2,1-3H3,(H,22,24). The lowest BCUT2D eigenvalue weighted by Gasteiger charge is -2.21. The summed E-state index contributed by atoms with van der Waals surface area (Å²) in [5.74, 6) is -0.641. The first-order chi connectivity index (χ1) is 13.2. The van der Waals surface area contributed by atoms with Crippen LogP contribution in [0.15, 0.2) is 45.8 Å². The van der Waals surface area contributed by atoms with E-state index >= 15 is 0 Å². The molecule has 0 atom stereocenters. The van der Waals surface area contributed by atoms with Gasteiger partial charge in [-0.05, 0) is 55.8 Å². The van der Waals surface area contributed by atoms with Crippen molar-refractivity contribution in [1.82, 2.24) is 4.31 Å². The van der Waals surface area contributed by atoms with Crippen molar-refractivity contribution in [2.75, 3.05) is 25.0 Å². The molecule has 9 heteroatoms. The van der Waals surface area contributed by atoms with Crippen LogP contribution < -0.4 is 10.1 Å². The molecular formula is C19H22BrFN2O4S. The van der Waals surface area contributed by atoms with Crippen LogP contribution >= 0.6 is 15.9 Å². The predicted octanol–water partition coefficient (Wildman–Crippen LogP) is 3.94. The van der Waals surface area contributed by atoms with E-state index in [1.54, 1.807) is 26.0 Å². The molecule has 0 fully saturated rings. The zero-order valence-electron chi connectivity index (χ0n) is 15.8. The smallest absolute Gasteiger partial charge is 0.243 e. The van der Waals surface area contributed by atoms with Crippen molar-refractivity contribution >= 4 is 37.5 Å². The van der Waals surface area contributed by atoms with E-state index in [-0.39, 0.29) is 17.1 Å². The fraction of sp³-hybridized carbons (Fsp3) is 0.316. The van der Waals surface area contributed by atoms with E-state index in [0.29, 0.717) is 22.4 Å². The highest BCUT2D eigenvalue weighted by Crippen LogP contribution is 2.24. The summed E-state index contributed by atoms with van der Waals surface area (Å²) in [6, 6.07) is 8.74. The third-order valence-corrected chi connectivity index (χ3v) is 6.37. The normalized spacial score (nSPS) is 11.5. The Labute approximate surface area is 172 Å². The zero-order valence-corrected chi connectivity index (χ0v) is 18.2. The van der Waals surface area contributed by atoms with Crippen LogP contribution in [0, 0.1) is 12.7 Å². The Hall–Kier alpha value is -1.97. The molecule has 0 bridgehead atoms. The molecule has 0 saturated carbocycles. The van der Waals surface area contributed by atoms with Gasteiger partial charge in [-0.15, -0.1) is 0 Å². The number of hydrogen-bond acceptors (Lipinski definition) is 4. The van der Waals surface area contributed by atoms with Gasteiger partial charge in [-0.1, -0.05) is 22.9 Å². The number of rotatable bonds is 8. The Morgan fingerprint density at radius 3 is 2.50 bits per heavy atom. The summed E-state index contributed by atoms with van der Waals surface area (Å²) in [5.41, 5.74) is 0.666. The summed E-state index contributed by atoms with van der Waals surface area (Å²) in [5, 5.41) is 2.40. The molecule has 0 aliphatic heterocycles. The molecule has 0 saturated heterocycles. The SMILES string of the molecule is CCOc1ccc(S(=O)(=O)N(CC)CC(=O)Nc2ccc(Br)cc2F)cc1C. The third-order valence-electron chi connectivity index (χ3n) is 3.96. The molecule has 0 radical (unpaired) electrons. The Kier molecular flexibility index (Phi) is 7.56. The van der Waals surface area contributed by atoms with Gasteiger partial charge in [-0.2, -0.15) is 4.31 Å². The minimum Gasteiger partial charge on any atom is -0.494 e. The van der Waals surface area contributed by atoms with Crippen molar-refractivity contribution < 1.29 is 22.3 Å². The highest BCUT2D eigenvalue weighted by Gasteiger charge is 2.26. The van der Waals surface area contributed by atoms with Crippen LogP contribution in [0.1, 0.15) is 19.4 Å². The number of carbonyl (C=O) groups is 1. The molecule has 1 amide bonds. The molecule has 2 rings (SSSR count). The molecule has 0 spiro atoms. The maximum Gasteiger partial charge on any atom is 0.243 e. The van der Waals surface area contributed by atoms with E-state index in [1.165, 1.54) is 24.3 Å². The second-order valence-electron chi connectivity index (χ2n) is 5.96. The fourth-order valence-electron chi connectivity index (χ4n) is 2.56. The van der Waals surface area contributed by atoms with Gasteiger partial charge >= 0.3 is 0 Å². The number of sulfonamides is 1. The molecule has 6 nitrogen and oxygen atoms in total. The number of benzene rings is 2. The van der Waals surface area contributed by atoms with E-state index in [0.717, 1.165) is 4.31 Å². The van der Waals surface area contributed by atoms with E-state index in [4.69, 9.17) is 4.74 Å². The van der Waals surface area contributed by atoms with E-state index in [9.17, 15) is 17.6 Å². The first-order valence-corrected chi connectivity index (χ1v) is 10.9. The molecule has 2 aromatic carbocycles. The lowest BCUT2D eigenvalue weighted by Crippen LogP contribution is -2.38. The highest BCUT2D eigenvalue weighted by atomic mass is 79.9. The second-order valence-corrected chi connectivity index (χ2v) is 8.82. The summed E-state index contributed by atoms with van der Waals surface area (Å²) < 4.78 is 46.7. The van der Waals surface area contributed by atoms with Crippen molar-refractivity contribution in [1.29, 1.82) is 0 Å². The van der Waals surface area contributed by atoms with Gasteiger partial charge in [0.2, 0.25) is 15.9 Å². The van der Waals surface area contributed by atoms with E-state index in [1.807, 2.05) is 6.92 Å². The van der Waals surface area contributed by atoms with Crippen LogP contribution in [0.3, 0.4) is 0 Å². The Bertz CT molecular complexity index is 966. The summed E-state index contributed by atoms with van der Waals surface area (Å²) in [7, 11) is -3.89. The quantitative estimate of drug-likeness (QED) is 0.630. The number of carbonyl (C=O) groups excluding carboxylic acids is 1. The van der Waals surface area contributed by atoms with Crippen LogP contribution in [0.25, 0.3) is 0 Å². The van der Waals surface area contributed by atoms with E-state index < -0.39 is 28.3 Å². The lowest BCUT2D eigenvalue weighted by molar-refractivity contribution is -0.116. The van der Waals surface area contributed by atoms with Gasteiger partial charge < -0.3 is 10.1 Å². The van der Waals surface area contributed by atoms with Crippen molar-refractivity contribution in [2.45, 2.75) is 25.7 Å². The minimum absolute atomic E-state index is 0.0152. The van der Waals surface area contributed by atoms with Gasteiger partial charge in [-0.25, -0.2) is 12.8 Å². The van der Waals surface area contributed by atoms with Crippen molar-refractivity contribution in [3.05, 3.63) is 52.3 Å². The van der Waals surface area contributed by atoms with Crippen LogP contribution in [-0.2, 0) is 14.8 Å². The Morgan fingerprint density at radius 2 is 1.93 bits per heavy atom. The van der Waals surface area contributed by atoms with E-state index in [2.05, 4.69) is 21.2 Å². The number of aryl methyl sites for hydroxylation is 1. The molecule has 152 valence electrons. The number of hydrogen-bond donors (Lipinski definition) is 1. The number of ether oxygens (including phenoxy) is 1. The predicted molar refractivity (Wildman–Crippen MR) is 110 cm³/mol. The molecule has 0 unspecified atom stereocenters. The number of halogens is 2. The first-order valence-electron chi connectivity index (χ1n) is 8.67. The van der Waals surface area contributed by atoms with Crippen LogP contribution in [0.5, 0.6) is 5.75 Å². The van der Waals surface area contributed by atoms with Crippen molar-refractivity contribution in [3.8, 4) is 5.75 Å². The lowest BCUT2D eigenvalue weighted by atomic mass is 10.2. The summed E-state index contributed by atoms with van der Waals surface area (Å²) >= 11 is 3.14. The van der Waals surface area contributed by atoms with Gasteiger partial charge in [0.1, 0.15) is 11.6 Å². The number of amides is 1. The summed E-state index contributed by atoms with van der Waals surface area (Å²) in [6.07, 6.45) is 0. The average molecular weight is 473 g/mol. The summed E-state index contributed by atoms with van der Waals surface area (Å²) in [4.78, 5) is 12.4. The first kappa shape index (κ1) is 22.3.